The van der Waals surface area contributed by atoms with Gasteiger partial charge in [-0.15, -0.1) is 0 Å². The minimum Gasteiger partial charge on any atom is -0.325 e. The molecule has 5 heteroatoms. The van der Waals surface area contributed by atoms with E-state index in [1.807, 2.05) is 30.5 Å². The van der Waals surface area contributed by atoms with E-state index in [1.54, 1.807) is 12.4 Å². The molecule has 1 fully saturated rings. The van der Waals surface area contributed by atoms with Gasteiger partial charge in [0.1, 0.15) is 0 Å². The molecule has 1 saturated heterocycles. The zero-order valence-corrected chi connectivity index (χ0v) is 12.5. The van der Waals surface area contributed by atoms with Crippen LogP contribution in [0.15, 0.2) is 48.9 Å². The Bertz CT molecular complexity index is 603. The molecule has 3 rings (SSSR count). The van der Waals surface area contributed by atoms with E-state index >= 15 is 0 Å². The number of rotatable bonds is 5. The zero-order valence-electron chi connectivity index (χ0n) is 12.5. The van der Waals surface area contributed by atoms with Gasteiger partial charge in [-0.25, -0.2) is 0 Å². The molecular weight excluding hydrogens is 276 g/mol. The summed E-state index contributed by atoms with van der Waals surface area (Å²) in [5.41, 5.74) is 1.85. The van der Waals surface area contributed by atoms with E-state index in [2.05, 4.69) is 26.3 Å². The van der Waals surface area contributed by atoms with Crippen LogP contribution in [0.5, 0.6) is 0 Å². The predicted molar refractivity (Wildman–Crippen MR) is 85.3 cm³/mol. The second kappa shape index (κ2) is 7.13. The van der Waals surface area contributed by atoms with Crippen LogP contribution in [0.25, 0.3) is 0 Å². The number of nitrogens with zero attached hydrogens (tertiary/aromatic N) is 3. The Labute approximate surface area is 130 Å². The van der Waals surface area contributed by atoms with Crippen molar-refractivity contribution in [1.82, 2.24) is 14.9 Å². The summed E-state index contributed by atoms with van der Waals surface area (Å²) in [4.78, 5) is 22.8. The molecule has 0 aromatic carbocycles. The average molecular weight is 296 g/mol. The summed E-state index contributed by atoms with van der Waals surface area (Å²) in [6, 6.07) is 10.0. The molecule has 2 aromatic rings. The molecule has 1 aliphatic rings. The number of anilines is 1. The third-order valence-corrected chi connectivity index (χ3v) is 3.96. The number of carbonyl (C=O) groups is 1. The van der Waals surface area contributed by atoms with Crippen LogP contribution in [0.2, 0.25) is 0 Å². The van der Waals surface area contributed by atoms with Gasteiger partial charge >= 0.3 is 0 Å². The fourth-order valence-corrected chi connectivity index (χ4v) is 2.91. The van der Waals surface area contributed by atoms with E-state index in [4.69, 9.17) is 0 Å². The summed E-state index contributed by atoms with van der Waals surface area (Å²) < 4.78 is 0. The van der Waals surface area contributed by atoms with Crippen molar-refractivity contribution in [1.29, 1.82) is 0 Å². The average Bonchev–Trinajstić information content (AvgIpc) is 3.03. The summed E-state index contributed by atoms with van der Waals surface area (Å²) >= 11 is 0. The lowest BCUT2D eigenvalue weighted by molar-refractivity contribution is -0.116. The Balaban J connectivity index is 1.53. The van der Waals surface area contributed by atoms with E-state index in [0.29, 0.717) is 12.5 Å². The Morgan fingerprint density at radius 1 is 1.27 bits per heavy atom. The van der Waals surface area contributed by atoms with Crippen molar-refractivity contribution >= 4 is 11.6 Å². The van der Waals surface area contributed by atoms with Gasteiger partial charge in [0.05, 0.1) is 23.6 Å². The molecule has 3 heterocycles. The fourth-order valence-electron chi connectivity index (χ4n) is 2.91. The van der Waals surface area contributed by atoms with E-state index < -0.39 is 0 Å². The van der Waals surface area contributed by atoms with E-state index in [1.165, 1.54) is 0 Å². The SMILES string of the molecule is O=C(CCN1CCC[C@H]1c1ccccn1)Nc1cccnc1. The lowest BCUT2D eigenvalue weighted by Crippen LogP contribution is -2.28. The van der Waals surface area contributed by atoms with Crippen molar-refractivity contribution in [2.24, 2.45) is 0 Å². The molecule has 1 aliphatic heterocycles. The quantitative estimate of drug-likeness (QED) is 0.921. The summed E-state index contributed by atoms with van der Waals surface area (Å²) in [6.07, 6.45) is 7.94. The smallest absolute Gasteiger partial charge is 0.225 e. The second-order valence-electron chi connectivity index (χ2n) is 5.49. The molecule has 1 amide bonds. The number of hydrogen-bond acceptors (Lipinski definition) is 4. The van der Waals surface area contributed by atoms with Crippen LogP contribution >= 0.6 is 0 Å². The maximum absolute atomic E-state index is 12.0. The van der Waals surface area contributed by atoms with Gasteiger partial charge in [0.25, 0.3) is 0 Å². The first-order valence-electron chi connectivity index (χ1n) is 7.68. The van der Waals surface area contributed by atoms with Crippen molar-refractivity contribution in [3.63, 3.8) is 0 Å². The molecule has 22 heavy (non-hydrogen) atoms. The molecule has 0 aliphatic carbocycles. The van der Waals surface area contributed by atoms with Crippen LogP contribution in [0.3, 0.4) is 0 Å². The standard InChI is InChI=1S/C17H20N4O/c22-17(20-14-5-3-9-18-13-14)8-12-21-11-4-7-16(21)15-6-1-2-10-19-15/h1-3,5-6,9-10,13,16H,4,7-8,11-12H2,(H,20,22)/t16-/m0/s1. The number of hydrogen-bond donors (Lipinski definition) is 1. The number of pyridine rings is 2. The van der Waals surface area contributed by atoms with Crippen molar-refractivity contribution < 1.29 is 4.79 Å². The fraction of sp³-hybridized carbons (Fsp3) is 0.353. The van der Waals surface area contributed by atoms with Gasteiger partial charge in [0.15, 0.2) is 0 Å². The first-order chi connectivity index (χ1) is 10.8. The second-order valence-corrected chi connectivity index (χ2v) is 5.49. The number of aromatic nitrogens is 2. The van der Waals surface area contributed by atoms with Crippen LogP contribution in [0, 0.1) is 0 Å². The largest absolute Gasteiger partial charge is 0.325 e. The molecule has 5 nitrogen and oxygen atoms in total. The van der Waals surface area contributed by atoms with E-state index in [9.17, 15) is 4.79 Å². The third kappa shape index (κ3) is 3.68. The molecule has 0 bridgehead atoms. The van der Waals surface area contributed by atoms with Gasteiger partial charge in [0, 0.05) is 25.4 Å². The minimum atomic E-state index is 0.0275. The maximum Gasteiger partial charge on any atom is 0.225 e. The third-order valence-electron chi connectivity index (χ3n) is 3.96. The highest BCUT2D eigenvalue weighted by Crippen LogP contribution is 2.30. The van der Waals surface area contributed by atoms with E-state index in [-0.39, 0.29) is 5.91 Å². The minimum absolute atomic E-state index is 0.0275. The Morgan fingerprint density at radius 3 is 3.00 bits per heavy atom. The molecule has 114 valence electrons. The van der Waals surface area contributed by atoms with Crippen molar-refractivity contribution in [3.05, 3.63) is 54.6 Å². The highest BCUT2D eigenvalue weighted by Gasteiger charge is 2.26. The number of amides is 1. The highest BCUT2D eigenvalue weighted by atomic mass is 16.1. The number of likely N-dealkylation sites (tertiary alicyclic amines) is 1. The monoisotopic (exact) mass is 296 g/mol. The molecule has 1 atom stereocenters. The van der Waals surface area contributed by atoms with Gasteiger partial charge in [0.2, 0.25) is 5.91 Å². The van der Waals surface area contributed by atoms with E-state index in [0.717, 1.165) is 37.3 Å². The lowest BCUT2D eigenvalue weighted by Gasteiger charge is -2.23. The molecule has 0 spiro atoms. The molecule has 2 aromatic heterocycles. The topological polar surface area (TPSA) is 58.1 Å². The Morgan fingerprint density at radius 2 is 2.23 bits per heavy atom. The molecule has 0 radical (unpaired) electrons. The molecule has 0 unspecified atom stereocenters. The van der Waals surface area contributed by atoms with Gasteiger partial charge in [-0.05, 0) is 43.7 Å². The summed E-state index contributed by atoms with van der Waals surface area (Å²) in [5.74, 6) is 0.0275. The number of carbonyl (C=O) groups excluding carboxylic acids is 1. The van der Waals surface area contributed by atoms with Gasteiger partial charge in [-0.2, -0.15) is 0 Å². The highest BCUT2D eigenvalue weighted by molar-refractivity contribution is 5.90. The van der Waals surface area contributed by atoms with Gasteiger partial charge in [-0.1, -0.05) is 6.07 Å². The van der Waals surface area contributed by atoms with Crippen molar-refractivity contribution in [2.75, 3.05) is 18.4 Å². The Hall–Kier alpha value is -2.27. The molecular formula is C17H20N4O. The van der Waals surface area contributed by atoms with Crippen LogP contribution in [0.1, 0.15) is 31.0 Å². The van der Waals surface area contributed by atoms with Crippen LogP contribution in [0.4, 0.5) is 5.69 Å². The Kier molecular flexibility index (Phi) is 4.75. The van der Waals surface area contributed by atoms with Crippen molar-refractivity contribution in [2.45, 2.75) is 25.3 Å². The summed E-state index contributed by atoms with van der Waals surface area (Å²) in [5, 5.41) is 2.88. The zero-order chi connectivity index (χ0) is 15.2. The van der Waals surface area contributed by atoms with Gasteiger partial charge < -0.3 is 5.32 Å². The van der Waals surface area contributed by atoms with Crippen LogP contribution in [-0.2, 0) is 4.79 Å². The number of nitrogens with one attached hydrogen (secondary N) is 1. The van der Waals surface area contributed by atoms with Crippen LogP contribution < -0.4 is 5.32 Å². The normalized spacial score (nSPS) is 18.3. The van der Waals surface area contributed by atoms with Gasteiger partial charge in [-0.3, -0.25) is 19.7 Å². The molecule has 1 N–H and O–H groups in total. The summed E-state index contributed by atoms with van der Waals surface area (Å²) in [6.45, 7) is 1.79. The first-order valence-corrected chi connectivity index (χ1v) is 7.68. The first kappa shape index (κ1) is 14.7. The molecule has 0 saturated carbocycles. The van der Waals surface area contributed by atoms with Crippen molar-refractivity contribution in [3.8, 4) is 0 Å². The maximum atomic E-state index is 12.0. The lowest BCUT2D eigenvalue weighted by atomic mass is 10.1. The van der Waals surface area contributed by atoms with Crippen LogP contribution in [-0.4, -0.2) is 33.9 Å². The summed E-state index contributed by atoms with van der Waals surface area (Å²) in [7, 11) is 0. The predicted octanol–water partition coefficient (Wildman–Crippen LogP) is 2.64.